The van der Waals surface area contributed by atoms with E-state index >= 15 is 0 Å². The van der Waals surface area contributed by atoms with E-state index in [2.05, 4.69) is 251 Å². The lowest BCUT2D eigenvalue weighted by molar-refractivity contribution is 0.667. The SMILES string of the molecule is Cc1cccc2c1c1ccccc1n2-c1c(C#N)c(-n2c3ccccc3c3c(C)cccc32)c(-n2c3ccccc3c3c(C)cccc32)c(-c2cccc3oc4cnccc4c23)c1-n1c2ccccc2c2c(C)cccc21. The number of rotatable bonds is 5. The van der Waals surface area contributed by atoms with E-state index in [0.717, 1.165) is 149 Å². The topological polar surface area (TPSA) is 69.5 Å². The van der Waals surface area contributed by atoms with Crippen LogP contribution >= 0.6 is 0 Å². The molecule has 0 spiro atoms. The molecule has 7 nitrogen and oxygen atoms in total. The zero-order valence-electron chi connectivity index (χ0n) is 42.7. The summed E-state index contributed by atoms with van der Waals surface area (Å²) < 4.78 is 16.6. The highest BCUT2D eigenvalue weighted by molar-refractivity contribution is 6.21. The molecule has 16 rings (SSSR count). The van der Waals surface area contributed by atoms with Crippen molar-refractivity contribution >= 4 is 109 Å². The molecule has 0 atom stereocenters. The van der Waals surface area contributed by atoms with Gasteiger partial charge in [0, 0.05) is 65.6 Å². The third-order valence-corrected chi connectivity index (χ3v) is 16.6. The summed E-state index contributed by atoms with van der Waals surface area (Å²) in [6.07, 6.45) is 3.68. The highest BCUT2D eigenvalue weighted by atomic mass is 16.3. The zero-order valence-corrected chi connectivity index (χ0v) is 42.7. The van der Waals surface area contributed by atoms with Gasteiger partial charge in [-0.15, -0.1) is 0 Å². The number of fused-ring (bicyclic) bond motifs is 15. The van der Waals surface area contributed by atoms with E-state index in [9.17, 15) is 5.26 Å². The number of aromatic nitrogens is 5. The molecule has 0 amide bonds. The van der Waals surface area contributed by atoms with Crippen LogP contribution in [0.5, 0.6) is 0 Å². The van der Waals surface area contributed by atoms with Crippen molar-refractivity contribution in [2.75, 3.05) is 0 Å². The van der Waals surface area contributed by atoms with Crippen LogP contribution in [-0.2, 0) is 0 Å². The van der Waals surface area contributed by atoms with E-state index in [1.165, 1.54) is 11.1 Å². The lowest BCUT2D eigenvalue weighted by Crippen LogP contribution is -2.16. The number of hydrogen-bond donors (Lipinski definition) is 0. The lowest BCUT2D eigenvalue weighted by atomic mass is 9.91. The third kappa shape index (κ3) is 5.71. The molecule has 0 aliphatic carbocycles. The monoisotopic (exact) mass is 986 g/mol. The van der Waals surface area contributed by atoms with Crippen molar-refractivity contribution in [2.45, 2.75) is 27.7 Å². The second-order valence-corrected chi connectivity index (χ2v) is 20.7. The van der Waals surface area contributed by atoms with Gasteiger partial charge < -0.3 is 22.7 Å². The van der Waals surface area contributed by atoms with E-state index in [1.807, 2.05) is 12.4 Å². The smallest absolute Gasteiger partial charge is 0.153 e. The van der Waals surface area contributed by atoms with Crippen molar-refractivity contribution < 1.29 is 4.42 Å². The Bertz CT molecular complexity index is 5030. The van der Waals surface area contributed by atoms with Crippen molar-refractivity contribution in [2.24, 2.45) is 0 Å². The first-order chi connectivity index (χ1) is 37.9. The van der Waals surface area contributed by atoms with Gasteiger partial charge in [-0.1, -0.05) is 133 Å². The quantitative estimate of drug-likeness (QED) is 0.172. The third-order valence-electron chi connectivity index (χ3n) is 16.6. The van der Waals surface area contributed by atoms with Crippen LogP contribution in [0.25, 0.3) is 143 Å². The maximum absolute atomic E-state index is 13.0. The summed E-state index contributed by atoms with van der Waals surface area (Å²) in [6.45, 7) is 8.82. The summed E-state index contributed by atoms with van der Waals surface area (Å²) in [7, 11) is 0. The molecule has 0 radical (unpaired) electrons. The van der Waals surface area contributed by atoms with E-state index < -0.39 is 0 Å². The molecule has 6 heterocycles. The van der Waals surface area contributed by atoms with Gasteiger partial charge in [-0.05, 0) is 116 Å². The minimum atomic E-state index is 0.526. The van der Waals surface area contributed by atoms with Gasteiger partial charge in [-0.3, -0.25) is 4.98 Å². The second kappa shape index (κ2) is 15.9. The van der Waals surface area contributed by atoms with Crippen LogP contribution in [0.3, 0.4) is 0 Å². The van der Waals surface area contributed by atoms with Crippen LogP contribution in [-0.4, -0.2) is 23.3 Å². The fourth-order valence-corrected chi connectivity index (χ4v) is 13.6. The van der Waals surface area contributed by atoms with Gasteiger partial charge in [0.25, 0.3) is 0 Å². The summed E-state index contributed by atoms with van der Waals surface area (Å²) >= 11 is 0. The molecular weight excluding hydrogens is 941 g/mol. The van der Waals surface area contributed by atoms with Gasteiger partial charge in [-0.2, -0.15) is 5.26 Å². The van der Waals surface area contributed by atoms with E-state index in [-0.39, 0.29) is 0 Å². The minimum absolute atomic E-state index is 0.526. The maximum atomic E-state index is 13.0. The number of nitrogens with zero attached hydrogens (tertiary/aromatic N) is 6. The van der Waals surface area contributed by atoms with Crippen LogP contribution in [0.15, 0.2) is 211 Å². The van der Waals surface area contributed by atoms with Gasteiger partial charge in [-0.25, -0.2) is 0 Å². The molecule has 0 aliphatic rings. The molecule has 0 saturated heterocycles. The number of furan rings is 1. The van der Waals surface area contributed by atoms with Gasteiger partial charge in [0.15, 0.2) is 5.58 Å². The average molecular weight is 987 g/mol. The Morgan fingerprint density at radius 3 is 1.12 bits per heavy atom. The number of aryl methyl sites for hydroxylation is 4. The van der Waals surface area contributed by atoms with E-state index in [4.69, 9.17) is 4.42 Å². The zero-order chi connectivity index (χ0) is 51.4. The van der Waals surface area contributed by atoms with Crippen molar-refractivity contribution in [3.05, 3.63) is 234 Å². The van der Waals surface area contributed by atoms with Crippen LogP contribution in [0, 0.1) is 39.0 Å². The first-order valence-electron chi connectivity index (χ1n) is 26.3. The molecule has 0 saturated carbocycles. The summed E-state index contributed by atoms with van der Waals surface area (Å²) in [5, 5.41) is 24.0. The predicted molar refractivity (Wildman–Crippen MR) is 318 cm³/mol. The average Bonchev–Trinajstić information content (AvgIpc) is 4.39. The van der Waals surface area contributed by atoms with Gasteiger partial charge in [0.1, 0.15) is 17.2 Å². The lowest BCUT2D eigenvalue weighted by Gasteiger charge is -2.29. The fraction of sp³-hybridized carbons (Fsp3) is 0.0571. The fourth-order valence-electron chi connectivity index (χ4n) is 13.6. The van der Waals surface area contributed by atoms with Crippen molar-refractivity contribution in [3.63, 3.8) is 0 Å². The maximum Gasteiger partial charge on any atom is 0.153 e. The number of benzene rings is 10. The first kappa shape index (κ1) is 43.3. The predicted octanol–water partition coefficient (Wildman–Crippen LogP) is 18.1. The number of para-hydroxylation sites is 4. The largest absolute Gasteiger partial charge is 0.454 e. The molecule has 0 aliphatic heterocycles. The Labute approximate surface area is 441 Å². The van der Waals surface area contributed by atoms with Crippen LogP contribution in [0.4, 0.5) is 0 Å². The summed E-state index contributed by atoms with van der Waals surface area (Å²) in [5.74, 6) is 0. The molecule has 0 bridgehead atoms. The van der Waals surface area contributed by atoms with Crippen molar-refractivity contribution in [1.29, 1.82) is 5.26 Å². The second-order valence-electron chi connectivity index (χ2n) is 20.7. The molecule has 16 aromatic rings. The van der Waals surface area contributed by atoms with Gasteiger partial charge in [0.05, 0.1) is 73.1 Å². The van der Waals surface area contributed by atoms with Crippen molar-refractivity contribution in [3.8, 4) is 39.9 Å². The Balaban J connectivity index is 1.31. The first-order valence-corrected chi connectivity index (χ1v) is 26.3. The molecule has 10 aromatic carbocycles. The molecule has 7 heteroatoms. The van der Waals surface area contributed by atoms with E-state index in [1.54, 1.807) is 0 Å². The summed E-state index contributed by atoms with van der Waals surface area (Å²) in [5.41, 5.74) is 19.9. The molecule has 0 N–H and O–H groups in total. The minimum Gasteiger partial charge on any atom is -0.454 e. The standard InChI is InChI=1S/C70H46N6O/c1-40-18-13-31-55-61(40)44-22-5-9-27-51(44)73(55)67-50(38-71)68(74-52-28-10-6-23-45(52)62-41(2)19-14-32-56(62)74)70(76-54-30-12-8-25-47(54)64-43(4)21-16-34-58(64)76)66(49-26-17-35-59-65(49)48-36-37-72-39-60(48)77-59)69(67)75-53-29-11-7-24-46(53)63-42(3)20-15-33-57(63)75/h5-37,39H,1-4H3. The molecule has 77 heavy (non-hydrogen) atoms. The molecule has 362 valence electrons. The highest BCUT2D eigenvalue weighted by Crippen LogP contribution is 2.54. The van der Waals surface area contributed by atoms with Crippen molar-refractivity contribution in [1.82, 2.24) is 23.3 Å². The van der Waals surface area contributed by atoms with Gasteiger partial charge in [0.2, 0.25) is 0 Å². The normalized spacial score (nSPS) is 12.1. The molecular formula is C70H46N6O. The summed E-state index contributed by atoms with van der Waals surface area (Å²) in [6, 6.07) is 73.1. The Hall–Kier alpha value is -10.2. The van der Waals surface area contributed by atoms with Crippen LogP contribution in [0.2, 0.25) is 0 Å². The van der Waals surface area contributed by atoms with E-state index in [0.29, 0.717) is 11.1 Å². The number of pyridine rings is 1. The Morgan fingerprint density at radius 1 is 0.351 bits per heavy atom. The molecule has 0 unspecified atom stereocenters. The number of hydrogen-bond acceptors (Lipinski definition) is 3. The number of nitriles is 1. The van der Waals surface area contributed by atoms with Gasteiger partial charge >= 0.3 is 0 Å². The Morgan fingerprint density at radius 2 is 0.714 bits per heavy atom. The highest BCUT2D eigenvalue weighted by Gasteiger charge is 2.36. The molecule has 0 fully saturated rings. The van der Waals surface area contributed by atoms with Crippen LogP contribution in [0.1, 0.15) is 27.8 Å². The van der Waals surface area contributed by atoms with Crippen LogP contribution < -0.4 is 0 Å². The molecule has 6 aromatic heterocycles. The summed E-state index contributed by atoms with van der Waals surface area (Å²) in [4.78, 5) is 4.58. The Kier molecular flexibility index (Phi) is 8.95.